The van der Waals surface area contributed by atoms with E-state index in [-0.39, 0.29) is 0 Å². The van der Waals surface area contributed by atoms with Crippen molar-refractivity contribution in [3.05, 3.63) is 0 Å². The van der Waals surface area contributed by atoms with E-state index in [0.29, 0.717) is 0 Å². The Kier molecular flexibility index (Phi) is 5.99. The number of hydrogen-bond donors (Lipinski definition) is 2. The van der Waals surface area contributed by atoms with Gasteiger partial charge in [0.05, 0.1) is 0 Å². The summed E-state index contributed by atoms with van der Waals surface area (Å²) >= 11 is 0. The van der Waals surface area contributed by atoms with Gasteiger partial charge in [0, 0.05) is 20.2 Å². The fourth-order valence-electron chi connectivity index (χ4n) is 3.17. The summed E-state index contributed by atoms with van der Waals surface area (Å²) in [5, 5.41) is 3.72. The molecule has 0 aliphatic carbocycles. The Hall–Kier alpha value is 0.214. The Morgan fingerprint density at radius 3 is 0.682 bits per heavy atom. The molecule has 0 amide bonds. The molecule has 0 rings (SSSR count). The van der Waals surface area contributed by atoms with Crippen LogP contribution in [0.25, 0.3) is 0 Å². The molecule has 0 saturated carbocycles. The third kappa shape index (κ3) is 4.00. The van der Waals surface area contributed by atoms with Crippen LogP contribution in [0.15, 0.2) is 0 Å². The standard InChI is InChI=1S/C16H38F2N2Si2/c1-13(2,3)21(17,14(4,5)6)19-20-22(18,15(7,8)9)16(10,11)12/h19-20H,1-12H3. The fraction of sp³-hybridized carbons (Fsp3) is 1.00. The van der Waals surface area contributed by atoms with Gasteiger partial charge in [0.1, 0.15) is 0 Å². The zero-order valence-corrected chi connectivity index (χ0v) is 18.8. The summed E-state index contributed by atoms with van der Waals surface area (Å²) < 4.78 is 31.9. The Labute approximate surface area is 139 Å². The zero-order valence-electron chi connectivity index (χ0n) is 16.8. The molecule has 0 spiro atoms. The maximum Gasteiger partial charge on any atom is 0.342 e. The lowest BCUT2D eigenvalue weighted by Crippen LogP contribution is -2.73. The number of halogens is 2. The normalized spacial score (nSPS) is 16.1. The van der Waals surface area contributed by atoms with Gasteiger partial charge in [-0.2, -0.15) is 0 Å². The highest BCUT2D eigenvalue weighted by atomic mass is 28.4. The van der Waals surface area contributed by atoms with E-state index >= 15 is 8.22 Å². The van der Waals surface area contributed by atoms with E-state index in [9.17, 15) is 0 Å². The Bertz CT molecular complexity index is 319. The van der Waals surface area contributed by atoms with E-state index < -0.39 is 37.3 Å². The zero-order chi connectivity index (χ0) is 18.4. The molecule has 0 heterocycles. The molecule has 0 atom stereocenters. The molecule has 0 saturated heterocycles. The lowest BCUT2D eigenvalue weighted by Gasteiger charge is -2.49. The summed E-state index contributed by atoms with van der Waals surface area (Å²) in [6, 6.07) is 0. The van der Waals surface area contributed by atoms with Gasteiger partial charge in [-0.05, 0) is 0 Å². The Morgan fingerprint density at radius 1 is 0.455 bits per heavy atom. The third-order valence-corrected chi connectivity index (χ3v) is 14.0. The molecule has 22 heavy (non-hydrogen) atoms. The highest BCUT2D eigenvalue weighted by Crippen LogP contribution is 2.52. The molecular formula is C16H38F2N2Si2. The van der Waals surface area contributed by atoms with Crippen LogP contribution in [-0.2, 0) is 0 Å². The predicted octanol–water partition coefficient (Wildman–Crippen LogP) is 6.10. The number of rotatable bonds is 3. The van der Waals surface area contributed by atoms with Crippen molar-refractivity contribution in [2.24, 2.45) is 0 Å². The topological polar surface area (TPSA) is 24.1 Å². The second-order valence-corrected chi connectivity index (χ2v) is 19.7. The van der Waals surface area contributed by atoms with Crippen molar-refractivity contribution in [2.45, 2.75) is 103 Å². The van der Waals surface area contributed by atoms with Crippen molar-refractivity contribution in [1.82, 2.24) is 10.2 Å². The summed E-state index contributed by atoms with van der Waals surface area (Å²) in [6.45, 7) is 22.8. The molecule has 0 aliphatic heterocycles. The van der Waals surface area contributed by atoms with E-state index in [1.807, 2.05) is 83.1 Å². The van der Waals surface area contributed by atoms with Crippen molar-refractivity contribution < 1.29 is 8.22 Å². The maximum atomic E-state index is 15.9. The summed E-state index contributed by atoms with van der Waals surface area (Å²) in [7, 11) is -6.97. The molecule has 0 aromatic heterocycles. The smallest absolute Gasteiger partial charge is 0.290 e. The van der Waals surface area contributed by atoms with Gasteiger partial charge in [0.2, 0.25) is 0 Å². The third-order valence-electron chi connectivity index (χ3n) is 4.54. The molecule has 0 radical (unpaired) electrons. The molecule has 0 aromatic rings. The quantitative estimate of drug-likeness (QED) is 0.364. The van der Waals surface area contributed by atoms with Crippen LogP contribution in [0.5, 0.6) is 0 Å². The van der Waals surface area contributed by atoms with E-state index in [2.05, 4.69) is 10.2 Å². The molecule has 0 aromatic carbocycles. The van der Waals surface area contributed by atoms with Crippen LogP contribution in [0.2, 0.25) is 20.2 Å². The van der Waals surface area contributed by atoms with Crippen molar-refractivity contribution in [3.8, 4) is 0 Å². The summed E-state index contributed by atoms with van der Waals surface area (Å²) in [5.41, 5.74) is 0. The van der Waals surface area contributed by atoms with Crippen LogP contribution in [0.1, 0.15) is 83.1 Å². The average molecular weight is 353 g/mol. The minimum atomic E-state index is -3.49. The lowest BCUT2D eigenvalue weighted by molar-refractivity contribution is 0.436. The van der Waals surface area contributed by atoms with Gasteiger partial charge in [-0.3, -0.25) is 18.4 Å². The van der Waals surface area contributed by atoms with Crippen molar-refractivity contribution in [1.29, 1.82) is 0 Å². The number of hydrogen-bond acceptors (Lipinski definition) is 2. The van der Waals surface area contributed by atoms with Crippen LogP contribution in [0, 0.1) is 0 Å². The molecule has 2 nitrogen and oxygen atoms in total. The average Bonchev–Trinajstić information content (AvgIpc) is 2.18. The highest BCUT2D eigenvalue weighted by molar-refractivity contribution is 6.80. The van der Waals surface area contributed by atoms with Gasteiger partial charge < -0.3 is 0 Å². The monoisotopic (exact) mass is 352 g/mol. The summed E-state index contributed by atoms with van der Waals surface area (Å²) in [4.78, 5) is 0. The first-order valence-corrected chi connectivity index (χ1v) is 11.9. The van der Waals surface area contributed by atoms with Gasteiger partial charge in [-0.1, -0.05) is 83.1 Å². The van der Waals surface area contributed by atoms with Gasteiger partial charge in [0.25, 0.3) is 0 Å². The maximum absolute atomic E-state index is 15.9. The minimum absolute atomic E-state index is 0.538. The fourth-order valence-corrected chi connectivity index (χ4v) is 10.6. The SMILES string of the molecule is CC(C)(C)[Si](F)(NN[Si](F)(C(C)(C)C)C(C)(C)C)C(C)(C)C. The number of hydrazine groups is 1. The molecule has 0 unspecified atom stereocenters. The molecule has 6 heteroatoms. The first-order valence-electron chi connectivity index (χ1n) is 8.13. The second kappa shape index (κ2) is 5.94. The largest absolute Gasteiger partial charge is 0.342 e. The van der Waals surface area contributed by atoms with E-state index in [1.54, 1.807) is 0 Å². The molecule has 2 N–H and O–H groups in total. The molecule has 0 bridgehead atoms. The first kappa shape index (κ1) is 22.2. The minimum Gasteiger partial charge on any atom is -0.290 e. The van der Waals surface area contributed by atoms with Crippen molar-refractivity contribution in [2.75, 3.05) is 0 Å². The van der Waals surface area contributed by atoms with Gasteiger partial charge in [-0.25, -0.2) is 0 Å². The molecule has 0 fully saturated rings. The summed E-state index contributed by atoms with van der Waals surface area (Å²) in [6.07, 6.45) is 0. The van der Waals surface area contributed by atoms with Crippen LogP contribution < -0.4 is 10.2 Å². The van der Waals surface area contributed by atoms with Gasteiger partial charge in [0.15, 0.2) is 0 Å². The van der Waals surface area contributed by atoms with Gasteiger partial charge >= 0.3 is 17.1 Å². The van der Waals surface area contributed by atoms with Crippen LogP contribution >= 0.6 is 0 Å². The number of nitrogens with one attached hydrogen (secondary N) is 2. The molecule has 0 aliphatic rings. The van der Waals surface area contributed by atoms with Crippen molar-refractivity contribution >= 4 is 17.1 Å². The second-order valence-electron chi connectivity index (χ2n) is 10.6. The Morgan fingerprint density at radius 2 is 0.591 bits per heavy atom. The van der Waals surface area contributed by atoms with Gasteiger partial charge in [-0.15, -0.1) is 0 Å². The molecular weight excluding hydrogens is 314 g/mol. The highest BCUT2D eigenvalue weighted by Gasteiger charge is 2.61. The van der Waals surface area contributed by atoms with E-state index in [1.165, 1.54) is 0 Å². The summed E-state index contributed by atoms with van der Waals surface area (Å²) in [5.74, 6) is 0. The van der Waals surface area contributed by atoms with Crippen LogP contribution in [-0.4, -0.2) is 17.1 Å². The van der Waals surface area contributed by atoms with Crippen molar-refractivity contribution in [3.63, 3.8) is 0 Å². The first-order chi connectivity index (χ1) is 9.21. The van der Waals surface area contributed by atoms with Crippen LogP contribution in [0.3, 0.4) is 0 Å². The molecule has 134 valence electrons. The van der Waals surface area contributed by atoms with E-state index in [4.69, 9.17) is 0 Å². The predicted molar refractivity (Wildman–Crippen MR) is 98.9 cm³/mol. The van der Waals surface area contributed by atoms with Crippen LogP contribution in [0.4, 0.5) is 8.22 Å². The Balaban J connectivity index is 5.72. The lowest BCUT2D eigenvalue weighted by atomic mass is 10.2. The van der Waals surface area contributed by atoms with E-state index in [0.717, 1.165) is 0 Å².